The van der Waals surface area contributed by atoms with Crippen LogP contribution >= 0.6 is 24.0 Å². The van der Waals surface area contributed by atoms with Crippen LogP contribution < -0.4 is 15.4 Å². The largest absolute Gasteiger partial charge is 0.493 e. The van der Waals surface area contributed by atoms with E-state index in [1.807, 2.05) is 13.0 Å². The van der Waals surface area contributed by atoms with Crippen LogP contribution in [0.25, 0.3) is 0 Å². The number of ether oxygens (including phenoxy) is 1. The summed E-state index contributed by atoms with van der Waals surface area (Å²) in [6.45, 7) is 3.21. The third-order valence-corrected chi connectivity index (χ3v) is 2.38. The van der Waals surface area contributed by atoms with E-state index in [0.717, 1.165) is 5.56 Å². The quantitative estimate of drug-likeness (QED) is 0.843. The number of amides is 1. The number of nitrogens with one attached hydrogen (secondary N) is 2. The van der Waals surface area contributed by atoms with Crippen LogP contribution in [0.15, 0.2) is 18.2 Å². The van der Waals surface area contributed by atoms with Gasteiger partial charge in [0.05, 0.1) is 13.2 Å². The Labute approximate surface area is 118 Å². The van der Waals surface area contributed by atoms with Gasteiger partial charge >= 0.3 is 0 Å². The van der Waals surface area contributed by atoms with Gasteiger partial charge in [0.1, 0.15) is 5.75 Å². The van der Waals surface area contributed by atoms with Crippen LogP contribution in [-0.4, -0.2) is 26.1 Å². The van der Waals surface area contributed by atoms with Crippen molar-refractivity contribution in [2.24, 2.45) is 0 Å². The summed E-state index contributed by atoms with van der Waals surface area (Å²) >= 11 is 5.89. The molecule has 0 saturated heterocycles. The Hall–Kier alpha value is -0.970. The lowest BCUT2D eigenvalue weighted by atomic mass is 10.2. The molecule has 1 aromatic rings. The molecule has 2 N–H and O–H groups in total. The maximum atomic E-state index is 11.3. The number of carbonyl (C=O) groups is 1. The predicted molar refractivity (Wildman–Crippen MR) is 75.6 cm³/mol. The zero-order valence-corrected chi connectivity index (χ0v) is 12.0. The van der Waals surface area contributed by atoms with Crippen molar-refractivity contribution in [2.45, 2.75) is 13.5 Å². The summed E-state index contributed by atoms with van der Waals surface area (Å²) in [5.41, 5.74) is 0.917. The molecule has 6 heteroatoms. The molecule has 0 bridgehead atoms. The van der Waals surface area contributed by atoms with E-state index >= 15 is 0 Å². The van der Waals surface area contributed by atoms with Crippen molar-refractivity contribution < 1.29 is 9.53 Å². The molecule has 0 aliphatic carbocycles. The minimum Gasteiger partial charge on any atom is -0.493 e. The van der Waals surface area contributed by atoms with Crippen molar-refractivity contribution in [1.29, 1.82) is 0 Å². The summed E-state index contributed by atoms with van der Waals surface area (Å²) in [6, 6.07) is 5.39. The Balaban J connectivity index is 0.00000289. The average molecular weight is 293 g/mol. The fourth-order valence-corrected chi connectivity index (χ4v) is 1.54. The Bertz CT molecular complexity index is 386. The number of hydrogen-bond acceptors (Lipinski definition) is 3. The monoisotopic (exact) mass is 292 g/mol. The van der Waals surface area contributed by atoms with E-state index < -0.39 is 0 Å². The topological polar surface area (TPSA) is 50.4 Å². The first kappa shape index (κ1) is 17.0. The van der Waals surface area contributed by atoms with Crippen LogP contribution in [0.1, 0.15) is 12.5 Å². The van der Waals surface area contributed by atoms with E-state index in [1.165, 1.54) is 0 Å². The molecular formula is C12H18Cl2N2O2. The van der Waals surface area contributed by atoms with E-state index in [4.69, 9.17) is 16.3 Å². The summed E-state index contributed by atoms with van der Waals surface area (Å²) in [5.74, 6) is 0.662. The average Bonchev–Trinajstić information content (AvgIpc) is 2.29. The summed E-state index contributed by atoms with van der Waals surface area (Å²) < 4.78 is 5.46. The zero-order chi connectivity index (χ0) is 12.7. The van der Waals surface area contributed by atoms with Gasteiger partial charge in [-0.3, -0.25) is 4.79 Å². The molecule has 0 saturated carbocycles. The van der Waals surface area contributed by atoms with Crippen LogP contribution in [0.2, 0.25) is 5.02 Å². The molecule has 0 aliphatic heterocycles. The molecule has 0 spiro atoms. The van der Waals surface area contributed by atoms with Crippen molar-refractivity contribution in [1.82, 2.24) is 10.6 Å². The fourth-order valence-electron chi connectivity index (χ4n) is 1.38. The van der Waals surface area contributed by atoms with Crippen LogP contribution in [0.5, 0.6) is 5.75 Å². The maximum absolute atomic E-state index is 11.3. The lowest BCUT2D eigenvalue weighted by Crippen LogP contribution is -2.31. The van der Waals surface area contributed by atoms with Crippen molar-refractivity contribution in [3.05, 3.63) is 28.8 Å². The van der Waals surface area contributed by atoms with Crippen molar-refractivity contribution in [3.8, 4) is 5.75 Å². The van der Waals surface area contributed by atoms with Gasteiger partial charge in [-0.25, -0.2) is 0 Å². The fraction of sp³-hybridized carbons (Fsp3) is 0.417. The van der Waals surface area contributed by atoms with Crippen LogP contribution in [-0.2, 0) is 11.3 Å². The highest BCUT2D eigenvalue weighted by atomic mass is 35.5. The van der Waals surface area contributed by atoms with E-state index in [9.17, 15) is 4.79 Å². The Morgan fingerprint density at radius 1 is 1.44 bits per heavy atom. The molecule has 0 aromatic heterocycles. The number of carbonyl (C=O) groups excluding carboxylic acids is 1. The van der Waals surface area contributed by atoms with Crippen LogP contribution in [0.4, 0.5) is 0 Å². The minimum absolute atomic E-state index is 0. The van der Waals surface area contributed by atoms with E-state index in [-0.39, 0.29) is 18.3 Å². The lowest BCUT2D eigenvalue weighted by molar-refractivity contribution is -0.120. The molecule has 4 nitrogen and oxygen atoms in total. The third kappa shape index (κ3) is 5.58. The number of halogens is 2. The SMILES string of the molecule is CCOc1cc(Cl)ccc1CNC(=O)CNC.Cl. The first-order valence-corrected chi connectivity index (χ1v) is 5.87. The molecule has 102 valence electrons. The summed E-state index contributed by atoms with van der Waals surface area (Å²) in [7, 11) is 1.73. The van der Waals surface area contributed by atoms with Gasteiger partial charge in [0.2, 0.25) is 5.91 Å². The first-order valence-electron chi connectivity index (χ1n) is 5.50. The standard InChI is InChI=1S/C12H17ClN2O2.ClH/c1-3-17-11-6-10(13)5-4-9(11)7-15-12(16)8-14-2;/h4-6,14H,3,7-8H2,1-2H3,(H,15,16);1H. The highest BCUT2D eigenvalue weighted by Crippen LogP contribution is 2.23. The van der Waals surface area contributed by atoms with E-state index in [1.54, 1.807) is 19.2 Å². The highest BCUT2D eigenvalue weighted by Gasteiger charge is 2.06. The molecule has 0 atom stereocenters. The van der Waals surface area contributed by atoms with Crippen LogP contribution in [0, 0.1) is 0 Å². The minimum atomic E-state index is -0.0510. The summed E-state index contributed by atoms with van der Waals surface area (Å²) in [6.07, 6.45) is 0. The van der Waals surface area contributed by atoms with Gasteiger partial charge in [-0.05, 0) is 26.1 Å². The van der Waals surface area contributed by atoms with Crippen molar-refractivity contribution in [3.63, 3.8) is 0 Å². The number of likely N-dealkylation sites (N-methyl/N-ethyl adjacent to an activating group) is 1. The normalized spacial score (nSPS) is 9.50. The van der Waals surface area contributed by atoms with E-state index in [0.29, 0.717) is 30.5 Å². The highest BCUT2D eigenvalue weighted by molar-refractivity contribution is 6.30. The van der Waals surface area contributed by atoms with Gasteiger partial charge in [-0.1, -0.05) is 17.7 Å². The second kappa shape index (κ2) is 9.03. The summed E-state index contributed by atoms with van der Waals surface area (Å²) in [4.78, 5) is 11.3. The molecule has 0 heterocycles. The molecule has 1 amide bonds. The molecule has 18 heavy (non-hydrogen) atoms. The molecule has 0 fully saturated rings. The van der Waals surface area contributed by atoms with Crippen LogP contribution in [0.3, 0.4) is 0 Å². The van der Waals surface area contributed by atoms with Gasteiger partial charge in [-0.2, -0.15) is 0 Å². The van der Waals surface area contributed by atoms with E-state index in [2.05, 4.69) is 10.6 Å². The lowest BCUT2D eigenvalue weighted by Gasteiger charge is -2.11. The molecule has 0 aliphatic rings. The van der Waals surface area contributed by atoms with Gasteiger partial charge in [0, 0.05) is 17.1 Å². The molecule has 1 rings (SSSR count). The number of rotatable bonds is 6. The Morgan fingerprint density at radius 2 is 2.17 bits per heavy atom. The maximum Gasteiger partial charge on any atom is 0.234 e. The number of hydrogen-bond donors (Lipinski definition) is 2. The predicted octanol–water partition coefficient (Wildman–Crippen LogP) is 2.00. The van der Waals surface area contributed by atoms with Gasteiger partial charge in [-0.15, -0.1) is 12.4 Å². The van der Waals surface area contributed by atoms with Gasteiger partial charge in [0.25, 0.3) is 0 Å². The zero-order valence-electron chi connectivity index (χ0n) is 10.5. The molecule has 0 unspecified atom stereocenters. The number of benzene rings is 1. The van der Waals surface area contributed by atoms with Gasteiger partial charge in [0.15, 0.2) is 0 Å². The molecule has 1 aromatic carbocycles. The molecule has 0 radical (unpaired) electrons. The molecular weight excluding hydrogens is 275 g/mol. The first-order chi connectivity index (χ1) is 8.17. The second-order valence-corrected chi connectivity index (χ2v) is 3.93. The Morgan fingerprint density at radius 3 is 2.78 bits per heavy atom. The third-order valence-electron chi connectivity index (χ3n) is 2.14. The smallest absolute Gasteiger partial charge is 0.234 e. The van der Waals surface area contributed by atoms with Gasteiger partial charge < -0.3 is 15.4 Å². The Kier molecular flexibility index (Phi) is 8.54. The summed E-state index contributed by atoms with van der Waals surface area (Å²) in [5, 5.41) is 6.21. The van der Waals surface area contributed by atoms with Crippen molar-refractivity contribution >= 4 is 29.9 Å². The van der Waals surface area contributed by atoms with Crippen molar-refractivity contribution in [2.75, 3.05) is 20.2 Å². The second-order valence-electron chi connectivity index (χ2n) is 3.49.